The molecular formula is C25H24ClN5O4. The zero-order valence-electron chi connectivity index (χ0n) is 18.9. The van der Waals surface area contributed by atoms with Crippen LogP contribution < -0.4 is 20.1 Å². The van der Waals surface area contributed by atoms with Crippen molar-refractivity contribution in [1.29, 1.82) is 0 Å². The molecular weight excluding hydrogens is 470 g/mol. The second kappa shape index (κ2) is 11.5. The van der Waals surface area contributed by atoms with Crippen LogP contribution in [0.4, 0.5) is 11.5 Å². The summed E-state index contributed by atoms with van der Waals surface area (Å²) in [7, 11) is 0. The van der Waals surface area contributed by atoms with E-state index in [9.17, 15) is 4.79 Å². The SMILES string of the molecule is C[C@@H](CNC(=O)CO)Oc1cccc2ncnc(Nc3ccc(OCc4ccccn4)c(Cl)c3)c12. The maximum Gasteiger partial charge on any atom is 0.245 e. The highest BCUT2D eigenvalue weighted by Crippen LogP contribution is 2.34. The molecule has 4 rings (SSSR count). The summed E-state index contributed by atoms with van der Waals surface area (Å²) in [6.45, 7) is 1.79. The third-order valence-electron chi connectivity index (χ3n) is 4.98. The zero-order chi connectivity index (χ0) is 24.6. The smallest absolute Gasteiger partial charge is 0.245 e. The van der Waals surface area contributed by atoms with Crippen molar-refractivity contribution in [3.63, 3.8) is 0 Å². The second-order valence-corrected chi connectivity index (χ2v) is 8.05. The number of carbonyl (C=O) groups is 1. The van der Waals surface area contributed by atoms with Gasteiger partial charge in [0, 0.05) is 11.9 Å². The van der Waals surface area contributed by atoms with Crippen LogP contribution in [0.15, 0.2) is 67.1 Å². The summed E-state index contributed by atoms with van der Waals surface area (Å²) in [6.07, 6.45) is 2.82. The standard InChI is InChI=1S/C25H24ClN5O4/c1-16(12-28-23(33)13-32)35-22-7-4-6-20-24(22)25(30-15-29-20)31-17-8-9-21(19(26)11-17)34-14-18-5-2-3-10-27-18/h2-11,15-16,32H,12-14H2,1H3,(H,28,33)(H,29,30,31)/t16-/m0/s1. The molecule has 3 N–H and O–H groups in total. The molecule has 0 saturated carbocycles. The molecule has 2 aromatic heterocycles. The number of aromatic nitrogens is 3. The van der Waals surface area contributed by atoms with Gasteiger partial charge in [0.15, 0.2) is 0 Å². The predicted molar refractivity (Wildman–Crippen MR) is 133 cm³/mol. The molecule has 0 aliphatic heterocycles. The molecule has 0 unspecified atom stereocenters. The highest BCUT2D eigenvalue weighted by Gasteiger charge is 2.14. The van der Waals surface area contributed by atoms with Gasteiger partial charge < -0.3 is 25.2 Å². The molecule has 0 bridgehead atoms. The Labute approximate surface area is 207 Å². The van der Waals surface area contributed by atoms with Crippen molar-refractivity contribution in [2.45, 2.75) is 19.6 Å². The average Bonchev–Trinajstić information content (AvgIpc) is 2.87. The first-order valence-corrected chi connectivity index (χ1v) is 11.3. The minimum Gasteiger partial charge on any atom is -0.488 e. The van der Waals surface area contributed by atoms with Crippen molar-refractivity contribution < 1.29 is 19.4 Å². The first-order valence-electron chi connectivity index (χ1n) is 10.9. The van der Waals surface area contributed by atoms with Crippen LogP contribution in [0.25, 0.3) is 10.9 Å². The van der Waals surface area contributed by atoms with Crippen LogP contribution >= 0.6 is 11.6 Å². The van der Waals surface area contributed by atoms with Gasteiger partial charge in [-0.05, 0) is 49.4 Å². The van der Waals surface area contributed by atoms with Crippen LogP contribution in [0.1, 0.15) is 12.6 Å². The second-order valence-electron chi connectivity index (χ2n) is 7.64. The van der Waals surface area contributed by atoms with E-state index in [4.69, 9.17) is 26.2 Å². The Morgan fingerprint density at radius 2 is 1.97 bits per heavy atom. The molecule has 1 atom stereocenters. The van der Waals surface area contributed by atoms with Crippen molar-refractivity contribution >= 4 is 39.9 Å². The molecule has 180 valence electrons. The van der Waals surface area contributed by atoms with Crippen LogP contribution in [0.3, 0.4) is 0 Å². The monoisotopic (exact) mass is 493 g/mol. The number of anilines is 2. The van der Waals surface area contributed by atoms with Gasteiger partial charge in [-0.2, -0.15) is 0 Å². The number of nitrogens with one attached hydrogen (secondary N) is 2. The number of carbonyl (C=O) groups excluding carboxylic acids is 1. The van der Waals surface area contributed by atoms with Gasteiger partial charge in [0.05, 0.1) is 28.2 Å². The Hall–Kier alpha value is -3.95. The van der Waals surface area contributed by atoms with E-state index in [2.05, 4.69) is 25.6 Å². The molecule has 0 saturated heterocycles. The molecule has 0 radical (unpaired) electrons. The van der Waals surface area contributed by atoms with Crippen molar-refractivity contribution in [2.24, 2.45) is 0 Å². The summed E-state index contributed by atoms with van der Waals surface area (Å²) in [6, 6.07) is 16.5. The fourth-order valence-corrected chi connectivity index (χ4v) is 3.55. The lowest BCUT2D eigenvalue weighted by Gasteiger charge is -2.18. The van der Waals surface area contributed by atoms with E-state index >= 15 is 0 Å². The van der Waals surface area contributed by atoms with Gasteiger partial charge in [-0.15, -0.1) is 0 Å². The van der Waals surface area contributed by atoms with E-state index in [-0.39, 0.29) is 12.6 Å². The number of hydrogen-bond donors (Lipinski definition) is 3. The van der Waals surface area contributed by atoms with Gasteiger partial charge in [0.25, 0.3) is 0 Å². The van der Waals surface area contributed by atoms with Gasteiger partial charge in [-0.25, -0.2) is 9.97 Å². The summed E-state index contributed by atoms with van der Waals surface area (Å²) in [5.74, 6) is 1.17. The van der Waals surface area contributed by atoms with E-state index in [1.54, 1.807) is 18.3 Å². The number of hydrogen-bond acceptors (Lipinski definition) is 8. The number of nitrogens with zero attached hydrogens (tertiary/aromatic N) is 3. The zero-order valence-corrected chi connectivity index (χ0v) is 19.7. The fourth-order valence-electron chi connectivity index (χ4n) is 3.31. The normalized spacial score (nSPS) is 11.6. The molecule has 10 heteroatoms. The van der Waals surface area contributed by atoms with Crippen molar-refractivity contribution in [3.05, 3.63) is 77.8 Å². The third-order valence-corrected chi connectivity index (χ3v) is 5.27. The summed E-state index contributed by atoms with van der Waals surface area (Å²) in [5.41, 5.74) is 2.20. The summed E-state index contributed by atoms with van der Waals surface area (Å²) in [5, 5.41) is 15.9. The molecule has 0 aliphatic carbocycles. The molecule has 2 aromatic carbocycles. The van der Waals surface area contributed by atoms with Gasteiger partial charge >= 0.3 is 0 Å². The van der Waals surface area contributed by atoms with E-state index in [1.165, 1.54) is 6.33 Å². The minimum absolute atomic E-state index is 0.238. The third kappa shape index (κ3) is 6.34. The summed E-state index contributed by atoms with van der Waals surface area (Å²) < 4.78 is 11.8. The van der Waals surface area contributed by atoms with Crippen molar-refractivity contribution in [1.82, 2.24) is 20.3 Å². The van der Waals surface area contributed by atoms with Gasteiger partial charge in [0.1, 0.15) is 43.0 Å². The van der Waals surface area contributed by atoms with Crippen LogP contribution in [0, 0.1) is 0 Å². The Bertz CT molecular complexity index is 1300. The molecule has 9 nitrogen and oxygen atoms in total. The predicted octanol–water partition coefficient (Wildman–Crippen LogP) is 3.88. The molecule has 0 fully saturated rings. The quantitative estimate of drug-likeness (QED) is 0.304. The fraction of sp³-hybridized carbons (Fsp3) is 0.200. The Kier molecular flexibility index (Phi) is 7.92. The number of halogens is 1. The number of ether oxygens (including phenoxy) is 2. The van der Waals surface area contributed by atoms with E-state index < -0.39 is 12.5 Å². The van der Waals surface area contributed by atoms with Gasteiger partial charge in [-0.3, -0.25) is 9.78 Å². The van der Waals surface area contributed by atoms with Gasteiger partial charge in [0.2, 0.25) is 5.91 Å². The first kappa shape index (κ1) is 24.2. The molecule has 0 aliphatic rings. The van der Waals surface area contributed by atoms with Gasteiger partial charge in [-0.1, -0.05) is 23.7 Å². The molecule has 2 heterocycles. The maximum atomic E-state index is 11.3. The van der Waals surface area contributed by atoms with E-state index in [0.29, 0.717) is 45.5 Å². The number of rotatable bonds is 10. The number of pyridine rings is 1. The first-order chi connectivity index (χ1) is 17.0. The summed E-state index contributed by atoms with van der Waals surface area (Å²) >= 11 is 6.46. The number of aliphatic hydroxyl groups is 1. The molecule has 35 heavy (non-hydrogen) atoms. The van der Waals surface area contributed by atoms with Crippen molar-refractivity contribution in [3.8, 4) is 11.5 Å². The number of aliphatic hydroxyl groups excluding tert-OH is 1. The highest BCUT2D eigenvalue weighted by atomic mass is 35.5. The average molecular weight is 494 g/mol. The lowest BCUT2D eigenvalue weighted by atomic mass is 10.2. The van der Waals surface area contributed by atoms with Crippen LogP contribution in [0.5, 0.6) is 11.5 Å². The van der Waals surface area contributed by atoms with Crippen LogP contribution in [-0.2, 0) is 11.4 Å². The highest BCUT2D eigenvalue weighted by molar-refractivity contribution is 6.32. The maximum absolute atomic E-state index is 11.3. The number of benzene rings is 2. The number of amides is 1. The van der Waals surface area contributed by atoms with E-state index in [0.717, 1.165) is 5.69 Å². The lowest BCUT2D eigenvalue weighted by molar-refractivity contribution is -0.124. The Morgan fingerprint density at radius 3 is 2.74 bits per heavy atom. The largest absolute Gasteiger partial charge is 0.488 e. The van der Waals surface area contributed by atoms with Crippen molar-refractivity contribution in [2.75, 3.05) is 18.5 Å². The molecule has 1 amide bonds. The lowest BCUT2D eigenvalue weighted by Crippen LogP contribution is -2.35. The molecule has 0 spiro atoms. The van der Waals surface area contributed by atoms with Crippen LogP contribution in [-0.4, -0.2) is 45.2 Å². The Morgan fingerprint density at radius 1 is 1.09 bits per heavy atom. The Balaban J connectivity index is 1.51. The van der Waals surface area contributed by atoms with E-state index in [1.807, 2.05) is 49.4 Å². The summed E-state index contributed by atoms with van der Waals surface area (Å²) in [4.78, 5) is 24.3. The van der Waals surface area contributed by atoms with Crippen LogP contribution in [0.2, 0.25) is 5.02 Å². The minimum atomic E-state index is -0.571. The topological polar surface area (TPSA) is 118 Å². The number of fused-ring (bicyclic) bond motifs is 1. The molecule has 4 aromatic rings.